The molecule has 0 spiro atoms. The number of esters is 2. The fourth-order valence-corrected chi connectivity index (χ4v) is 2.07. The van der Waals surface area contributed by atoms with E-state index >= 15 is 0 Å². The fourth-order valence-electron chi connectivity index (χ4n) is 2.07. The minimum Gasteiger partial charge on any atom is -0.465 e. The maximum Gasteiger partial charge on any atom is 0.359 e. The molecule has 0 aliphatic carbocycles. The summed E-state index contributed by atoms with van der Waals surface area (Å²) < 4.78 is 9.89. The lowest BCUT2D eigenvalue weighted by Gasteiger charge is -2.36. The highest BCUT2D eigenvalue weighted by Crippen LogP contribution is 2.22. The lowest BCUT2D eigenvalue weighted by atomic mass is 10.0. The molecular formula is C16H30N2O6. The van der Waals surface area contributed by atoms with Crippen LogP contribution in [0.5, 0.6) is 0 Å². The molecule has 0 saturated carbocycles. The van der Waals surface area contributed by atoms with Crippen LogP contribution in [0, 0.1) is 0 Å². The summed E-state index contributed by atoms with van der Waals surface area (Å²) >= 11 is 0. The van der Waals surface area contributed by atoms with Crippen LogP contribution in [0.25, 0.3) is 0 Å². The second kappa shape index (κ2) is 11.8. The first kappa shape index (κ1) is 22.3. The minimum atomic E-state index is -2.23. The van der Waals surface area contributed by atoms with Gasteiger partial charge < -0.3 is 20.3 Å². The number of unbranched alkanes of at least 4 members (excludes halogenated alkanes) is 2. The van der Waals surface area contributed by atoms with E-state index in [-0.39, 0.29) is 19.6 Å². The third kappa shape index (κ3) is 6.84. The molecular weight excluding hydrogens is 316 g/mol. The Morgan fingerprint density at radius 3 is 2.21 bits per heavy atom. The molecule has 0 heterocycles. The third-order valence-corrected chi connectivity index (χ3v) is 3.45. The van der Waals surface area contributed by atoms with E-state index in [1.165, 1.54) is 0 Å². The molecule has 24 heavy (non-hydrogen) atoms. The van der Waals surface area contributed by atoms with Crippen molar-refractivity contribution in [3.8, 4) is 0 Å². The second-order valence-corrected chi connectivity index (χ2v) is 5.40. The molecule has 0 rings (SSSR count). The van der Waals surface area contributed by atoms with Crippen LogP contribution in [0.4, 0.5) is 0 Å². The molecule has 8 nitrogen and oxygen atoms in total. The number of nitrogens with zero attached hydrogens (tertiary/aromatic N) is 1. The SMILES string of the molecule is CCCCOC(=O)C(O)(CCCC)N(CC(=O)OCC)C(=O)CN. The number of carbonyl (C=O) groups is 3. The lowest BCUT2D eigenvalue weighted by molar-refractivity contribution is -0.197. The van der Waals surface area contributed by atoms with Crippen molar-refractivity contribution in [2.75, 3.05) is 26.3 Å². The summed E-state index contributed by atoms with van der Waals surface area (Å²) in [4.78, 5) is 37.0. The lowest BCUT2D eigenvalue weighted by Crippen LogP contribution is -2.60. The normalized spacial score (nSPS) is 13.0. The van der Waals surface area contributed by atoms with E-state index in [1.807, 2.05) is 13.8 Å². The molecule has 0 aromatic heterocycles. The first-order valence-electron chi connectivity index (χ1n) is 8.43. The van der Waals surface area contributed by atoms with Gasteiger partial charge in [0.25, 0.3) is 0 Å². The molecule has 1 unspecified atom stereocenters. The molecule has 8 heteroatoms. The van der Waals surface area contributed by atoms with E-state index < -0.39 is 36.7 Å². The second-order valence-electron chi connectivity index (χ2n) is 5.40. The molecule has 0 fully saturated rings. The highest BCUT2D eigenvalue weighted by atomic mass is 16.6. The Hall–Kier alpha value is -1.67. The molecule has 3 N–H and O–H groups in total. The number of hydrogen-bond acceptors (Lipinski definition) is 7. The Morgan fingerprint density at radius 2 is 1.71 bits per heavy atom. The number of amides is 1. The van der Waals surface area contributed by atoms with Gasteiger partial charge in [0.2, 0.25) is 11.6 Å². The maximum absolute atomic E-state index is 12.4. The van der Waals surface area contributed by atoms with Crippen LogP contribution < -0.4 is 5.73 Å². The standard InChI is InChI=1S/C16H30N2O6/c1-4-7-9-16(22,15(21)24-10-8-5-2)18(13(19)11-17)12-14(20)23-6-3/h22H,4-12,17H2,1-3H3. The Bertz CT molecular complexity index is 415. The summed E-state index contributed by atoms with van der Waals surface area (Å²) in [6, 6.07) is 0. The highest BCUT2D eigenvalue weighted by Gasteiger charge is 2.46. The van der Waals surface area contributed by atoms with Gasteiger partial charge in [-0.05, 0) is 19.8 Å². The zero-order chi connectivity index (χ0) is 18.6. The summed E-state index contributed by atoms with van der Waals surface area (Å²) in [6.07, 6.45) is 2.57. The van der Waals surface area contributed by atoms with E-state index in [0.717, 1.165) is 11.3 Å². The Labute approximate surface area is 143 Å². The van der Waals surface area contributed by atoms with Gasteiger partial charge in [-0.1, -0.05) is 26.7 Å². The summed E-state index contributed by atoms with van der Waals surface area (Å²) in [5.41, 5.74) is 3.13. The number of aliphatic hydroxyl groups is 1. The number of ether oxygens (including phenoxy) is 2. The van der Waals surface area contributed by atoms with Gasteiger partial charge >= 0.3 is 11.9 Å². The van der Waals surface area contributed by atoms with Gasteiger partial charge in [-0.2, -0.15) is 0 Å². The van der Waals surface area contributed by atoms with Crippen molar-refractivity contribution in [2.45, 2.75) is 58.6 Å². The zero-order valence-corrected chi connectivity index (χ0v) is 14.9. The van der Waals surface area contributed by atoms with E-state index in [9.17, 15) is 19.5 Å². The largest absolute Gasteiger partial charge is 0.465 e. The predicted octanol–water partition coefficient (Wildman–Crippen LogP) is 0.559. The van der Waals surface area contributed by atoms with Gasteiger partial charge in [0, 0.05) is 6.42 Å². The van der Waals surface area contributed by atoms with E-state index in [4.69, 9.17) is 15.2 Å². The molecule has 1 atom stereocenters. The highest BCUT2D eigenvalue weighted by molar-refractivity contribution is 5.90. The van der Waals surface area contributed by atoms with Gasteiger partial charge in [0.05, 0.1) is 19.8 Å². The Kier molecular flexibility index (Phi) is 11.0. The van der Waals surface area contributed by atoms with E-state index in [2.05, 4.69) is 0 Å². The van der Waals surface area contributed by atoms with Crippen molar-refractivity contribution in [3.05, 3.63) is 0 Å². The smallest absolute Gasteiger partial charge is 0.359 e. The molecule has 0 radical (unpaired) electrons. The van der Waals surface area contributed by atoms with Crippen molar-refractivity contribution in [1.29, 1.82) is 0 Å². The molecule has 0 aliphatic heterocycles. The van der Waals surface area contributed by atoms with Crippen LogP contribution in [-0.4, -0.2) is 59.9 Å². The van der Waals surface area contributed by atoms with Gasteiger partial charge in [-0.25, -0.2) is 4.79 Å². The summed E-state index contributed by atoms with van der Waals surface area (Å²) in [6.45, 7) is 4.68. The molecule has 140 valence electrons. The van der Waals surface area contributed by atoms with E-state index in [1.54, 1.807) is 6.92 Å². The quantitative estimate of drug-likeness (QED) is 0.301. The number of hydrogen-bond donors (Lipinski definition) is 2. The summed E-state index contributed by atoms with van der Waals surface area (Å²) in [5, 5.41) is 10.9. The minimum absolute atomic E-state index is 0.0421. The number of rotatable bonds is 12. The van der Waals surface area contributed by atoms with Gasteiger partial charge in [0.15, 0.2) is 0 Å². The van der Waals surface area contributed by atoms with Crippen molar-refractivity contribution < 1.29 is 29.0 Å². The van der Waals surface area contributed by atoms with Crippen LogP contribution in [0.15, 0.2) is 0 Å². The van der Waals surface area contributed by atoms with Crippen LogP contribution >= 0.6 is 0 Å². The zero-order valence-electron chi connectivity index (χ0n) is 14.9. The Balaban J connectivity index is 5.42. The number of nitrogens with two attached hydrogens (primary N) is 1. The van der Waals surface area contributed by atoms with Crippen LogP contribution in [0.3, 0.4) is 0 Å². The van der Waals surface area contributed by atoms with Gasteiger partial charge in [-0.3, -0.25) is 14.5 Å². The van der Waals surface area contributed by atoms with Crippen molar-refractivity contribution in [2.24, 2.45) is 5.73 Å². The summed E-state index contributed by atoms with van der Waals surface area (Å²) in [5.74, 6) is -2.40. The maximum atomic E-state index is 12.4. The molecule has 0 aliphatic rings. The fraction of sp³-hybridized carbons (Fsp3) is 0.812. The topological polar surface area (TPSA) is 119 Å². The molecule has 0 saturated heterocycles. The Morgan fingerprint density at radius 1 is 1.08 bits per heavy atom. The van der Waals surface area contributed by atoms with Crippen molar-refractivity contribution >= 4 is 17.8 Å². The van der Waals surface area contributed by atoms with Crippen LogP contribution in [0.2, 0.25) is 0 Å². The van der Waals surface area contributed by atoms with Crippen LogP contribution in [0.1, 0.15) is 52.9 Å². The monoisotopic (exact) mass is 346 g/mol. The predicted molar refractivity (Wildman–Crippen MR) is 87.7 cm³/mol. The molecule has 1 amide bonds. The first-order chi connectivity index (χ1) is 11.4. The van der Waals surface area contributed by atoms with Gasteiger partial charge in [0.1, 0.15) is 6.54 Å². The molecule has 0 bridgehead atoms. The van der Waals surface area contributed by atoms with Gasteiger partial charge in [-0.15, -0.1) is 0 Å². The third-order valence-electron chi connectivity index (χ3n) is 3.45. The molecule has 0 aromatic rings. The van der Waals surface area contributed by atoms with Crippen molar-refractivity contribution in [1.82, 2.24) is 4.90 Å². The van der Waals surface area contributed by atoms with Crippen LogP contribution in [-0.2, 0) is 23.9 Å². The molecule has 0 aromatic carbocycles. The average Bonchev–Trinajstić information content (AvgIpc) is 2.57. The first-order valence-corrected chi connectivity index (χ1v) is 8.43. The number of carbonyl (C=O) groups excluding carboxylic acids is 3. The van der Waals surface area contributed by atoms with Crippen molar-refractivity contribution in [3.63, 3.8) is 0 Å². The summed E-state index contributed by atoms with van der Waals surface area (Å²) in [7, 11) is 0. The average molecular weight is 346 g/mol. The van der Waals surface area contributed by atoms with E-state index in [0.29, 0.717) is 19.3 Å².